The summed E-state index contributed by atoms with van der Waals surface area (Å²) in [5.74, 6) is 0.889. The van der Waals surface area contributed by atoms with Crippen molar-refractivity contribution in [3.05, 3.63) is 41.7 Å². The van der Waals surface area contributed by atoms with Crippen LogP contribution >= 0.6 is 0 Å². The topological polar surface area (TPSA) is 82.7 Å². The molecule has 0 unspecified atom stereocenters. The average molecular weight is 257 g/mol. The molecule has 6 nitrogen and oxygen atoms in total. The van der Waals surface area contributed by atoms with Gasteiger partial charge in [0.2, 0.25) is 5.95 Å². The van der Waals surface area contributed by atoms with Gasteiger partial charge in [-0.05, 0) is 36.5 Å². The van der Waals surface area contributed by atoms with Crippen LogP contribution in [0, 0.1) is 0 Å². The van der Waals surface area contributed by atoms with Crippen LogP contribution in [0.5, 0.6) is 0 Å². The second-order valence-corrected chi connectivity index (χ2v) is 4.66. The van der Waals surface area contributed by atoms with Crippen LogP contribution in [-0.4, -0.2) is 21.1 Å². The molecule has 0 aliphatic heterocycles. The van der Waals surface area contributed by atoms with Crippen molar-refractivity contribution in [1.82, 2.24) is 20.6 Å². The maximum Gasteiger partial charge on any atom is 0.269 e. The molecule has 2 aromatic rings. The Morgan fingerprint density at radius 2 is 2.05 bits per heavy atom. The molecular formula is C13H15N5O. The highest BCUT2D eigenvalue weighted by molar-refractivity contribution is 5.94. The number of carbonyl (C=O) groups excluding carboxylic acids is 1. The van der Waals surface area contributed by atoms with Crippen LogP contribution in [0.4, 0.5) is 5.95 Å². The molecule has 1 saturated carbocycles. The van der Waals surface area contributed by atoms with Gasteiger partial charge in [0.05, 0.1) is 0 Å². The van der Waals surface area contributed by atoms with Gasteiger partial charge in [0.15, 0.2) is 0 Å². The molecule has 1 aromatic heterocycles. The van der Waals surface area contributed by atoms with E-state index in [0.29, 0.717) is 17.4 Å². The highest BCUT2D eigenvalue weighted by Crippen LogP contribution is 2.36. The smallest absolute Gasteiger partial charge is 0.267 e. The summed E-state index contributed by atoms with van der Waals surface area (Å²) in [6.45, 7) is 0. The average Bonchev–Trinajstić information content (AvgIpc) is 2.88. The van der Waals surface area contributed by atoms with Gasteiger partial charge < -0.3 is 0 Å². The van der Waals surface area contributed by atoms with Crippen LogP contribution < -0.4 is 10.9 Å². The monoisotopic (exact) mass is 257 g/mol. The number of amides is 1. The first-order chi connectivity index (χ1) is 9.33. The number of benzene rings is 1. The minimum Gasteiger partial charge on any atom is -0.267 e. The Morgan fingerprint density at radius 1 is 1.26 bits per heavy atom. The molecule has 1 aliphatic carbocycles. The molecule has 1 heterocycles. The number of nitrogens with zero attached hydrogens (tertiary/aromatic N) is 2. The van der Waals surface area contributed by atoms with Gasteiger partial charge in [-0.15, -0.1) is 0 Å². The maximum absolute atomic E-state index is 11.9. The van der Waals surface area contributed by atoms with Crippen molar-refractivity contribution in [2.75, 3.05) is 5.43 Å². The van der Waals surface area contributed by atoms with Crippen molar-refractivity contribution in [2.24, 2.45) is 0 Å². The number of rotatable bonds is 4. The van der Waals surface area contributed by atoms with Crippen LogP contribution in [0.15, 0.2) is 30.6 Å². The first kappa shape index (κ1) is 11.7. The summed E-state index contributed by atoms with van der Waals surface area (Å²) >= 11 is 0. The third-order valence-corrected chi connectivity index (χ3v) is 3.46. The minimum absolute atomic E-state index is 0.198. The van der Waals surface area contributed by atoms with E-state index >= 15 is 0 Å². The Hall–Kier alpha value is -2.37. The number of carbonyl (C=O) groups is 1. The van der Waals surface area contributed by atoms with Crippen molar-refractivity contribution in [3.63, 3.8) is 0 Å². The fraction of sp³-hybridized carbons (Fsp3) is 0.308. The SMILES string of the molecule is O=C(NNc1ncn[nH]1)c1ccc(C2CCC2)cc1. The van der Waals surface area contributed by atoms with Gasteiger partial charge in [0.25, 0.3) is 5.91 Å². The molecule has 0 atom stereocenters. The normalized spacial score (nSPS) is 14.7. The van der Waals surface area contributed by atoms with E-state index in [4.69, 9.17) is 0 Å². The van der Waals surface area contributed by atoms with Crippen LogP contribution in [-0.2, 0) is 0 Å². The number of hydrogen-bond donors (Lipinski definition) is 3. The summed E-state index contributed by atoms with van der Waals surface area (Å²) in [5, 5.41) is 6.27. The molecule has 1 aromatic carbocycles. The summed E-state index contributed by atoms with van der Waals surface area (Å²) in [4.78, 5) is 15.7. The predicted octanol–water partition coefficient (Wildman–Crippen LogP) is 1.83. The zero-order chi connectivity index (χ0) is 13.1. The molecular weight excluding hydrogens is 242 g/mol. The third kappa shape index (κ3) is 2.57. The van der Waals surface area contributed by atoms with E-state index in [0.717, 1.165) is 0 Å². The largest absolute Gasteiger partial charge is 0.269 e. The number of aromatic amines is 1. The lowest BCUT2D eigenvalue weighted by Gasteiger charge is -2.25. The molecule has 1 aliphatic rings. The fourth-order valence-electron chi connectivity index (χ4n) is 2.10. The standard InChI is InChI=1S/C13H15N5O/c19-12(16-18-13-14-8-15-17-13)11-6-4-10(5-7-11)9-2-1-3-9/h4-9H,1-3H2,(H,16,19)(H2,14,15,17,18). The lowest BCUT2D eigenvalue weighted by molar-refractivity contribution is 0.0962. The molecule has 0 bridgehead atoms. The Labute approximate surface area is 110 Å². The van der Waals surface area contributed by atoms with Crippen molar-refractivity contribution >= 4 is 11.9 Å². The second-order valence-electron chi connectivity index (χ2n) is 4.66. The Bertz CT molecular complexity index is 545. The highest BCUT2D eigenvalue weighted by atomic mass is 16.2. The molecule has 1 fully saturated rings. The first-order valence-corrected chi connectivity index (χ1v) is 6.34. The summed E-state index contributed by atoms with van der Waals surface area (Å²) in [6.07, 6.45) is 5.20. The number of H-pyrrole nitrogens is 1. The third-order valence-electron chi connectivity index (χ3n) is 3.46. The quantitative estimate of drug-likeness (QED) is 0.730. The van der Waals surface area contributed by atoms with E-state index in [1.807, 2.05) is 24.3 Å². The van der Waals surface area contributed by atoms with Crippen molar-refractivity contribution in [1.29, 1.82) is 0 Å². The van der Waals surface area contributed by atoms with Gasteiger partial charge in [0.1, 0.15) is 6.33 Å². The molecule has 0 saturated heterocycles. The molecule has 1 amide bonds. The van der Waals surface area contributed by atoms with Crippen LogP contribution in [0.2, 0.25) is 0 Å². The van der Waals surface area contributed by atoms with Crippen molar-refractivity contribution in [2.45, 2.75) is 25.2 Å². The predicted molar refractivity (Wildman–Crippen MR) is 70.5 cm³/mol. The van der Waals surface area contributed by atoms with E-state index in [9.17, 15) is 4.79 Å². The molecule has 3 N–H and O–H groups in total. The zero-order valence-electron chi connectivity index (χ0n) is 10.4. The summed E-state index contributed by atoms with van der Waals surface area (Å²) < 4.78 is 0. The van der Waals surface area contributed by atoms with E-state index < -0.39 is 0 Å². The Balaban J connectivity index is 1.59. The molecule has 19 heavy (non-hydrogen) atoms. The first-order valence-electron chi connectivity index (χ1n) is 6.34. The Morgan fingerprint density at radius 3 is 2.63 bits per heavy atom. The van der Waals surface area contributed by atoms with Gasteiger partial charge in [-0.25, -0.2) is 5.10 Å². The lowest BCUT2D eigenvalue weighted by atomic mass is 9.80. The minimum atomic E-state index is -0.198. The number of hydrogen-bond acceptors (Lipinski definition) is 4. The molecule has 98 valence electrons. The van der Waals surface area contributed by atoms with Crippen molar-refractivity contribution in [3.8, 4) is 0 Å². The van der Waals surface area contributed by atoms with Gasteiger partial charge in [-0.2, -0.15) is 10.1 Å². The van der Waals surface area contributed by atoms with Gasteiger partial charge >= 0.3 is 0 Å². The number of nitrogens with one attached hydrogen (secondary N) is 3. The molecule has 6 heteroatoms. The van der Waals surface area contributed by atoms with Crippen LogP contribution in [0.3, 0.4) is 0 Å². The molecule has 3 rings (SSSR count). The van der Waals surface area contributed by atoms with E-state index in [1.165, 1.54) is 31.2 Å². The van der Waals surface area contributed by atoms with Crippen LogP contribution in [0.1, 0.15) is 41.1 Å². The van der Waals surface area contributed by atoms with E-state index in [1.54, 1.807) is 0 Å². The van der Waals surface area contributed by atoms with E-state index in [2.05, 4.69) is 26.0 Å². The fourth-order valence-corrected chi connectivity index (χ4v) is 2.10. The Kier molecular flexibility index (Phi) is 3.14. The molecule has 0 radical (unpaired) electrons. The number of hydrazine groups is 1. The van der Waals surface area contributed by atoms with Crippen molar-refractivity contribution < 1.29 is 4.79 Å². The maximum atomic E-state index is 11.9. The summed E-state index contributed by atoms with van der Waals surface area (Å²) in [7, 11) is 0. The second kappa shape index (κ2) is 5.09. The van der Waals surface area contributed by atoms with Gasteiger partial charge in [-0.3, -0.25) is 15.6 Å². The van der Waals surface area contributed by atoms with Gasteiger partial charge in [0, 0.05) is 5.56 Å². The summed E-state index contributed by atoms with van der Waals surface area (Å²) in [6, 6.07) is 7.77. The number of anilines is 1. The molecule has 0 spiro atoms. The lowest BCUT2D eigenvalue weighted by Crippen LogP contribution is -2.29. The van der Waals surface area contributed by atoms with Crippen LogP contribution in [0.25, 0.3) is 0 Å². The number of aromatic nitrogens is 3. The summed E-state index contributed by atoms with van der Waals surface area (Å²) in [5.41, 5.74) is 7.15. The highest BCUT2D eigenvalue weighted by Gasteiger charge is 2.19. The van der Waals surface area contributed by atoms with E-state index in [-0.39, 0.29) is 5.91 Å². The zero-order valence-corrected chi connectivity index (χ0v) is 10.4. The van der Waals surface area contributed by atoms with Gasteiger partial charge in [-0.1, -0.05) is 18.6 Å².